The molecule has 1 atom stereocenters. The molecule has 0 heterocycles. The van der Waals surface area contributed by atoms with Gasteiger partial charge in [-0.15, -0.1) is 12.4 Å². The van der Waals surface area contributed by atoms with Gasteiger partial charge in [-0.05, 0) is 52.9 Å². The zero-order chi connectivity index (χ0) is 15.5. The van der Waals surface area contributed by atoms with Crippen LogP contribution in [0.3, 0.4) is 0 Å². The van der Waals surface area contributed by atoms with E-state index in [-0.39, 0.29) is 23.3 Å². The molecule has 0 amide bonds. The standard InChI is InChI=1S/C14H21BrN2O3S.ClH/c1-20-11-6-7-14(12(15)8-11)21(18,19)17-13(9-16)10-4-2-3-5-10;/h6-8,10,13,17H,2-5,9,16H2,1H3;1H. The van der Waals surface area contributed by atoms with E-state index in [0.717, 1.165) is 25.7 Å². The summed E-state index contributed by atoms with van der Waals surface area (Å²) >= 11 is 3.29. The van der Waals surface area contributed by atoms with Crippen LogP contribution in [0, 0.1) is 5.92 Å². The van der Waals surface area contributed by atoms with Gasteiger partial charge in [0.05, 0.1) is 12.0 Å². The van der Waals surface area contributed by atoms with E-state index >= 15 is 0 Å². The number of ether oxygens (including phenoxy) is 1. The topological polar surface area (TPSA) is 81.4 Å². The van der Waals surface area contributed by atoms with Crippen molar-refractivity contribution in [1.82, 2.24) is 4.72 Å². The molecule has 126 valence electrons. The number of methoxy groups -OCH3 is 1. The van der Waals surface area contributed by atoms with E-state index in [2.05, 4.69) is 20.7 Å². The van der Waals surface area contributed by atoms with E-state index in [1.54, 1.807) is 19.2 Å². The molecule has 1 aliphatic carbocycles. The third-order valence-corrected chi connectivity index (χ3v) is 6.42. The van der Waals surface area contributed by atoms with E-state index in [1.165, 1.54) is 6.07 Å². The lowest BCUT2D eigenvalue weighted by molar-refractivity contribution is 0.405. The Morgan fingerprint density at radius 3 is 2.55 bits per heavy atom. The summed E-state index contributed by atoms with van der Waals surface area (Å²) in [4.78, 5) is 0.208. The molecule has 1 unspecified atom stereocenters. The number of halogens is 2. The molecule has 0 radical (unpaired) electrons. The Bertz CT molecular complexity index is 592. The van der Waals surface area contributed by atoms with Crippen molar-refractivity contribution in [3.05, 3.63) is 22.7 Å². The van der Waals surface area contributed by atoms with Gasteiger partial charge in [-0.3, -0.25) is 0 Å². The Morgan fingerprint density at radius 1 is 1.41 bits per heavy atom. The van der Waals surface area contributed by atoms with Crippen molar-refractivity contribution in [2.75, 3.05) is 13.7 Å². The molecule has 0 aliphatic heterocycles. The number of sulfonamides is 1. The maximum atomic E-state index is 12.5. The van der Waals surface area contributed by atoms with Crippen LogP contribution in [-0.2, 0) is 10.0 Å². The molecule has 1 saturated carbocycles. The van der Waals surface area contributed by atoms with Crippen molar-refractivity contribution in [3.8, 4) is 5.75 Å². The SMILES string of the molecule is COc1ccc(S(=O)(=O)NC(CN)C2CCCC2)c(Br)c1.Cl. The van der Waals surface area contributed by atoms with Crippen molar-refractivity contribution in [2.24, 2.45) is 11.7 Å². The van der Waals surface area contributed by atoms with Crippen molar-refractivity contribution in [3.63, 3.8) is 0 Å². The third-order valence-electron chi connectivity index (χ3n) is 3.96. The van der Waals surface area contributed by atoms with Crippen LogP contribution in [0.25, 0.3) is 0 Å². The summed E-state index contributed by atoms with van der Waals surface area (Å²) < 4.78 is 33.4. The normalized spacial score (nSPS) is 17.0. The van der Waals surface area contributed by atoms with Crippen molar-refractivity contribution in [2.45, 2.75) is 36.6 Å². The van der Waals surface area contributed by atoms with Crippen LogP contribution in [0.4, 0.5) is 0 Å². The Kier molecular flexibility index (Phi) is 7.61. The van der Waals surface area contributed by atoms with Crippen LogP contribution in [0.15, 0.2) is 27.6 Å². The molecule has 0 aromatic heterocycles. The highest BCUT2D eigenvalue weighted by atomic mass is 79.9. The van der Waals surface area contributed by atoms with Crippen LogP contribution in [0.1, 0.15) is 25.7 Å². The molecule has 3 N–H and O–H groups in total. The van der Waals surface area contributed by atoms with Gasteiger partial charge in [0.15, 0.2) is 0 Å². The number of hydrogen-bond donors (Lipinski definition) is 2. The second-order valence-corrected chi connectivity index (χ2v) is 7.84. The molecule has 1 aromatic rings. The molecule has 1 aliphatic rings. The molecule has 0 bridgehead atoms. The molecule has 0 saturated heterocycles. The second-order valence-electron chi connectivity index (χ2n) is 5.30. The van der Waals surface area contributed by atoms with Crippen LogP contribution in [-0.4, -0.2) is 28.1 Å². The fourth-order valence-corrected chi connectivity index (χ4v) is 5.16. The quantitative estimate of drug-likeness (QED) is 0.751. The lowest BCUT2D eigenvalue weighted by Crippen LogP contribution is -2.44. The number of nitrogens with one attached hydrogen (secondary N) is 1. The molecule has 1 fully saturated rings. The van der Waals surface area contributed by atoms with E-state index in [0.29, 0.717) is 22.7 Å². The second kappa shape index (κ2) is 8.49. The largest absolute Gasteiger partial charge is 0.497 e. The van der Waals surface area contributed by atoms with Gasteiger partial charge in [-0.25, -0.2) is 13.1 Å². The Labute approximate surface area is 146 Å². The highest BCUT2D eigenvalue weighted by Crippen LogP contribution is 2.30. The van der Waals surface area contributed by atoms with Gasteiger partial charge in [0.25, 0.3) is 0 Å². The molecule has 22 heavy (non-hydrogen) atoms. The summed E-state index contributed by atoms with van der Waals surface area (Å²) in [6.45, 7) is 0.317. The third kappa shape index (κ3) is 4.58. The number of nitrogens with two attached hydrogens (primary N) is 1. The minimum Gasteiger partial charge on any atom is -0.497 e. The first-order chi connectivity index (χ1) is 9.97. The summed E-state index contributed by atoms with van der Waals surface area (Å²) in [6, 6.07) is 4.60. The predicted octanol–water partition coefficient (Wildman–Crippen LogP) is 2.68. The van der Waals surface area contributed by atoms with Crippen molar-refractivity contribution in [1.29, 1.82) is 0 Å². The fourth-order valence-electron chi connectivity index (χ4n) is 2.79. The van der Waals surface area contributed by atoms with Gasteiger partial charge in [0.2, 0.25) is 10.0 Å². The lowest BCUT2D eigenvalue weighted by Gasteiger charge is -2.23. The summed E-state index contributed by atoms with van der Waals surface area (Å²) in [6.07, 6.45) is 4.37. The van der Waals surface area contributed by atoms with Gasteiger partial charge in [0, 0.05) is 17.1 Å². The van der Waals surface area contributed by atoms with E-state index in [9.17, 15) is 8.42 Å². The molecular formula is C14H22BrClN2O3S. The van der Waals surface area contributed by atoms with Crippen LogP contribution < -0.4 is 15.2 Å². The zero-order valence-electron chi connectivity index (χ0n) is 12.4. The minimum absolute atomic E-state index is 0. The molecular weight excluding hydrogens is 392 g/mol. The van der Waals surface area contributed by atoms with Crippen molar-refractivity contribution < 1.29 is 13.2 Å². The number of rotatable bonds is 6. The van der Waals surface area contributed by atoms with E-state index in [1.807, 2.05) is 0 Å². The first-order valence-corrected chi connectivity index (χ1v) is 9.31. The smallest absolute Gasteiger partial charge is 0.241 e. The summed E-state index contributed by atoms with van der Waals surface area (Å²) in [7, 11) is -2.06. The maximum absolute atomic E-state index is 12.5. The average Bonchev–Trinajstić information content (AvgIpc) is 2.98. The van der Waals surface area contributed by atoms with Gasteiger partial charge in [-0.2, -0.15) is 0 Å². The number of hydrogen-bond acceptors (Lipinski definition) is 4. The molecule has 1 aromatic carbocycles. The van der Waals surface area contributed by atoms with E-state index < -0.39 is 10.0 Å². The Balaban J connectivity index is 0.00000242. The molecule has 2 rings (SSSR count). The Hall–Kier alpha value is -0.340. The van der Waals surface area contributed by atoms with Crippen molar-refractivity contribution >= 4 is 38.4 Å². The van der Waals surface area contributed by atoms with Gasteiger partial charge < -0.3 is 10.5 Å². The monoisotopic (exact) mass is 412 g/mol. The summed E-state index contributed by atoms with van der Waals surface area (Å²) in [5, 5.41) is 0. The van der Waals surface area contributed by atoms with Crippen LogP contribution in [0.2, 0.25) is 0 Å². The summed E-state index contributed by atoms with van der Waals surface area (Å²) in [5.41, 5.74) is 5.76. The van der Waals surface area contributed by atoms with E-state index in [4.69, 9.17) is 10.5 Å². The number of benzene rings is 1. The highest BCUT2D eigenvalue weighted by Gasteiger charge is 2.29. The molecule has 5 nitrogen and oxygen atoms in total. The van der Waals surface area contributed by atoms with Gasteiger partial charge in [-0.1, -0.05) is 12.8 Å². The Morgan fingerprint density at radius 2 is 2.05 bits per heavy atom. The van der Waals surface area contributed by atoms with Gasteiger partial charge >= 0.3 is 0 Å². The predicted molar refractivity (Wildman–Crippen MR) is 93.1 cm³/mol. The molecule has 8 heteroatoms. The first kappa shape index (κ1) is 19.7. The average molecular weight is 414 g/mol. The minimum atomic E-state index is -3.60. The molecule has 0 spiro atoms. The lowest BCUT2D eigenvalue weighted by atomic mass is 9.99. The zero-order valence-corrected chi connectivity index (χ0v) is 15.6. The van der Waals surface area contributed by atoms with Gasteiger partial charge in [0.1, 0.15) is 5.75 Å². The first-order valence-electron chi connectivity index (χ1n) is 7.04. The maximum Gasteiger partial charge on any atom is 0.241 e. The van der Waals surface area contributed by atoms with Crippen LogP contribution in [0.5, 0.6) is 5.75 Å². The van der Waals surface area contributed by atoms with Crippen LogP contribution >= 0.6 is 28.3 Å². The fraction of sp³-hybridized carbons (Fsp3) is 0.571. The highest BCUT2D eigenvalue weighted by molar-refractivity contribution is 9.10. The summed E-state index contributed by atoms with van der Waals surface area (Å²) in [5.74, 6) is 0.939.